The summed E-state index contributed by atoms with van der Waals surface area (Å²) in [6.07, 6.45) is -0.590. The summed E-state index contributed by atoms with van der Waals surface area (Å²) in [5.74, 6) is -2.92. The number of hydrogen-bond donors (Lipinski definition) is 3. The van der Waals surface area contributed by atoms with E-state index in [0.29, 0.717) is 0 Å². The maximum atomic E-state index is 13.4. The van der Waals surface area contributed by atoms with E-state index in [0.717, 1.165) is 34.4 Å². The van der Waals surface area contributed by atoms with Crippen LogP contribution < -0.4 is 10.6 Å². The summed E-state index contributed by atoms with van der Waals surface area (Å²) in [5, 5.41) is 13.9. The number of benzene rings is 3. The van der Waals surface area contributed by atoms with Gasteiger partial charge in [0.25, 0.3) is 0 Å². The van der Waals surface area contributed by atoms with Gasteiger partial charge in [-0.1, -0.05) is 48.5 Å². The van der Waals surface area contributed by atoms with Gasteiger partial charge >= 0.3 is 12.1 Å². The number of aromatic carboxylic acids is 1. The Morgan fingerprint density at radius 3 is 2.26 bits per heavy atom. The normalized spacial score (nSPS) is 11.9. The highest BCUT2D eigenvalue weighted by Crippen LogP contribution is 2.44. The monoisotopic (exact) mass is 478 g/mol. The van der Waals surface area contributed by atoms with Crippen LogP contribution in [0, 0.1) is 5.82 Å². The number of nitrogens with one attached hydrogen (secondary N) is 2. The van der Waals surface area contributed by atoms with E-state index >= 15 is 0 Å². The third-order valence-electron chi connectivity index (χ3n) is 5.57. The van der Waals surface area contributed by atoms with Crippen molar-refractivity contribution in [3.8, 4) is 11.1 Å². The van der Waals surface area contributed by atoms with Crippen LogP contribution in [-0.4, -0.2) is 49.4 Å². The molecule has 3 aromatic carbocycles. The largest absolute Gasteiger partial charge is 0.478 e. The molecule has 0 spiro atoms. The Balaban J connectivity index is 1.17. The van der Waals surface area contributed by atoms with Crippen LogP contribution in [0.5, 0.6) is 0 Å². The minimum absolute atomic E-state index is 0.0406. The Bertz CT molecular complexity index is 1220. The second-order valence-corrected chi connectivity index (χ2v) is 7.85. The van der Waals surface area contributed by atoms with Crippen LogP contribution in [0.2, 0.25) is 0 Å². The molecule has 0 unspecified atom stereocenters. The average molecular weight is 478 g/mol. The van der Waals surface area contributed by atoms with E-state index in [2.05, 4.69) is 22.8 Å². The molecule has 9 heteroatoms. The molecule has 0 atom stereocenters. The van der Waals surface area contributed by atoms with E-state index in [-0.39, 0.29) is 38.0 Å². The lowest BCUT2D eigenvalue weighted by Crippen LogP contribution is -2.30. The molecule has 180 valence electrons. The van der Waals surface area contributed by atoms with Gasteiger partial charge in [-0.3, -0.25) is 4.79 Å². The molecule has 0 saturated heterocycles. The number of alkyl carbamates (subject to hydrolysis) is 1. The molecular weight excluding hydrogens is 455 g/mol. The topological polar surface area (TPSA) is 114 Å². The number of carbonyl (C=O) groups is 3. The van der Waals surface area contributed by atoms with Crippen LogP contribution >= 0.6 is 0 Å². The molecule has 0 fully saturated rings. The van der Waals surface area contributed by atoms with Crippen molar-refractivity contribution < 1.29 is 33.4 Å². The van der Waals surface area contributed by atoms with Gasteiger partial charge in [0.2, 0.25) is 5.91 Å². The summed E-state index contributed by atoms with van der Waals surface area (Å²) < 4.78 is 24.1. The quantitative estimate of drug-likeness (QED) is 0.401. The number of halogens is 1. The van der Waals surface area contributed by atoms with E-state index in [4.69, 9.17) is 14.6 Å². The third kappa shape index (κ3) is 5.64. The summed E-state index contributed by atoms with van der Waals surface area (Å²) in [5.41, 5.74) is 4.11. The van der Waals surface area contributed by atoms with E-state index in [1.807, 2.05) is 36.4 Å². The summed E-state index contributed by atoms with van der Waals surface area (Å²) >= 11 is 0. The number of fused-ring (bicyclic) bond motifs is 3. The zero-order chi connectivity index (χ0) is 24.8. The van der Waals surface area contributed by atoms with E-state index in [1.54, 1.807) is 0 Å². The van der Waals surface area contributed by atoms with Gasteiger partial charge in [0.05, 0.1) is 12.2 Å². The Morgan fingerprint density at radius 2 is 1.60 bits per heavy atom. The van der Waals surface area contributed by atoms with Gasteiger partial charge in [-0.05, 0) is 40.5 Å². The van der Waals surface area contributed by atoms with Crippen LogP contribution in [0.3, 0.4) is 0 Å². The predicted molar refractivity (Wildman–Crippen MR) is 126 cm³/mol. The number of carbonyl (C=O) groups excluding carboxylic acids is 2. The van der Waals surface area contributed by atoms with Crippen molar-refractivity contribution in [2.24, 2.45) is 0 Å². The van der Waals surface area contributed by atoms with E-state index in [9.17, 15) is 18.8 Å². The van der Waals surface area contributed by atoms with Gasteiger partial charge < -0.3 is 25.2 Å². The van der Waals surface area contributed by atoms with Crippen molar-refractivity contribution in [1.29, 1.82) is 0 Å². The van der Waals surface area contributed by atoms with Crippen LogP contribution in [0.25, 0.3) is 11.1 Å². The lowest BCUT2D eigenvalue weighted by molar-refractivity contribution is -0.120. The lowest BCUT2D eigenvalue weighted by Gasteiger charge is -2.14. The highest BCUT2D eigenvalue weighted by Gasteiger charge is 2.28. The number of carboxylic acids is 1. The molecule has 3 N–H and O–H groups in total. The lowest BCUT2D eigenvalue weighted by atomic mass is 9.98. The minimum Gasteiger partial charge on any atom is -0.478 e. The molecule has 0 aromatic heterocycles. The number of amides is 2. The van der Waals surface area contributed by atoms with E-state index < -0.39 is 29.4 Å². The van der Waals surface area contributed by atoms with Gasteiger partial charge in [0.15, 0.2) is 0 Å². The number of ether oxygens (including phenoxy) is 2. The van der Waals surface area contributed by atoms with Gasteiger partial charge in [-0.15, -0.1) is 0 Å². The van der Waals surface area contributed by atoms with Crippen LogP contribution in [0.1, 0.15) is 27.4 Å². The van der Waals surface area contributed by atoms with Crippen LogP contribution in [0.4, 0.5) is 14.9 Å². The minimum atomic E-state index is -1.44. The second kappa shape index (κ2) is 10.8. The molecule has 8 nitrogen and oxygen atoms in total. The first-order valence-corrected chi connectivity index (χ1v) is 10.9. The van der Waals surface area contributed by atoms with Crippen LogP contribution in [-0.2, 0) is 14.3 Å². The fourth-order valence-electron chi connectivity index (χ4n) is 4.00. The zero-order valence-corrected chi connectivity index (χ0v) is 18.6. The summed E-state index contributed by atoms with van der Waals surface area (Å²) in [6, 6.07) is 19.3. The van der Waals surface area contributed by atoms with Crippen molar-refractivity contribution in [3.63, 3.8) is 0 Å². The number of carboxylic acid groups (broad SMARTS) is 1. The maximum Gasteiger partial charge on any atom is 0.407 e. The first-order valence-electron chi connectivity index (χ1n) is 10.9. The number of hydrogen-bond acceptors (Lipinski definition) is 5. The van der Waals surface area contributed by atoms with Crippen molar-refractivity contribution in [1.82, 2.24) is 5.32 Å². The Hall–Kier alpha value is -4.24. The fraction of sp³-hybridized carbons (Fsp3) is 0.192. The standard InChI is InChI=1S/C26H23FN2O6/c27-23-10-9-16(13-21(23)25(31)32)29-24(30)15-34-12-11-28-26(33)35-14-22-19-7-3-1-5-17(19)18-6-2-4-8-20(18)22/h1-10,13,22H,11-12,14-15H2,(H,28,33)(H,29,30)(H,31,32). The average Bonchev–Trinajstić information content (AvgIpc) is 3.17. The molecule has 2 amide bonds. The van der Waals surface area contributed by atoms with Crippen molar-refractivity contribution >= 4 is 23.7 Å². The summed E-state index contributed by atoms with van der Waals surface area (Å²) in [4.78, 5) is 35.0. The van der Waals surface area contributed by atoms with Crippen molar-refractivity contribution in [3.05, 3.63) is 89.2 Å². The molecule has 0 saturated carbocycles. The second-order valence-electron chi connectivity index (χ2n) is 7.85. The van der Waals surface area contributed by atoms with Crippen LogP contribution in [0.15, 0.2) is 66.7 Å². The molecule has 0 aliphatic heterocycles. The van der Waals surface area contributed by atoms with Crippen molar-refractivity contribution in [2.45, 2.75) is 5.92 Å². The SMILES string of the molecule is O=C(COCCNC(=O)OCC1c2ccccc2-c2ccccc21)Nc1ccc(F)c(C(=O)O)c1. The molecule has 0 heterocycles. The predicted octanol–water partition coefficient (Wildman–Crippen LogP) is 4.02. The first kappa shape index (κ1) is 23.9. The first-order chi connectivity index (χ1) is 16.9. The molecule has 0 bridgehead atoms. The molecule has 35 heavy (non-hydrogen) atoms. The van der Waals surface area contributed by atoms with E-state index in [1.165, 1.54) is 6.07 Å². The molecule has 1 aliphatic carbocycles. The van der Waals surface area contributed by atoms with Crippen molar-refractivity contribution in [2.75, 3.05) is 31.7 Å². The Morgan fingerprint density at radius 1 is 0.943 bits per heavy atom. The fourth-order valence-corrected chi connectivity index (χ4v) is 4.00. The summed E-state index contributed by atoms with van der Waals surface area (Å²) in [7, 11) is 0. The summed E-state index contributed by atoms with van der Waals surface area (Å²) in [6.45, 7) is 0.0519. The van der Waals surface area contributed by atoms with Gasteiger partial charge in [0, 0.05) is 18.2 Å². The highest BCUT2D eigenvalue weighted by molar-refractivity contribution is 5.94. The highest BCUT2D eigenvalue weighted by atomic mass is 19.1. The number of rotatable bonds is 9. The van der Waals surface area contributed by atoms with Gasteiger partial charge in [-0.2, -0.15) is 0 Å². The molecule has 3 aromatic rings. The van der Waals surface area contributed by atoms with Gasteiger partial charge in [-0.25, -0.2) is 14.0 Å². The smallest absolute Gasteiger partial charge is 0.407 e. The Labute approximate surface area is 200 Å². The van der Waals surface area contributed by atoms with Gasteiger partial charge in [0.1, 0.15) is 19.0 Å². The molecule has 0 radical (unpaired) electrons. The molecule has 4 rings (SSSR count). The number of anilines is 1. The zero-order valence-electron chi connectivity index (χ0n) is 18.6. The molecule has 1 aliphatic rings. The third-order valence-corrected chi connectivity index (χ3v) is 5.57. The maximum absolute atomic E-state index is 13.4. The Kier molecular flexibility index (Phi) is 7.37. The molecular formula is C26H23FN2O6.